The summed E-state index contributed by atoms with van der Waals surface area (Å²) in [6.07, 6.45) is -1.76. The van der Waals surface area contributed by atoms with Gasteiger partial charge in [0.25, 0.3) is 0 Å². The molecule has 1 saturated carbocycles. The molecule has 1 rings (SSSR count). The molecule has 100 valence electrons. The Morgan fingerprint density at radius 1 is 1.35 bits per heavy atom. The van der Waals surface area contributed by atoms with E-state index in [-0.39, 0.29) is 25.1 Å². The minimum absolute atomic E-state index is 0.000919. The van der Waals surface area contributed by atoms with Crippen molar-refractivity contribution in [2.45, 2.75) is 31.5 Å². The summed E-state index contributed by atoms with van der Waals surface area (Å²) in [5.41, 5.74) is 0. The fraction of sp³-hybridized carbons (Fsp3) is 0.900. The van der Waals surface area contributed by atoms with E-state index >= 15 is 0 Å². The lowest BCUT2D eigenvalue weighted by molar-refractivity contribution is -0.128. The molecule has 0 radical (unpaired) electrons. The van der Waals surface area contributed by atoms with Gasteiger partial charge < -0.3 is 15.7 Å². The number of aliphatic hydroxyl groups excluding tert-OH is 1. The molecule has 1 amide bonds. The van der Waals surface area contributed by atoms with E-state index in [0.29, 0.717) is 0 Å². The molecule has 0 aromatic rings. The van der Waals surface area contributed by atoms with Crippen LogP contribution in [0, 0.1) is 5.92 Å². The molecule has 2 atom stereocenters. The summed E-state index contributed by atoms with van der Waals surface area (Å²) in [5.74, 6) is -0.429. The van der Waals surface area contributed by atoms with Crippen LogP contribution in [0.2, 0.25) is 0 Å². The molecule has 1 aliphatic carbocycles. The van der Waals surface area contributed by atoms with E-state index in [1.807, 2.05) is 5.32 Å². The van der Waals surface area contributed by atoms with Gasteiger partial charge in [0.2, 0.25) is 5.91 Å². The summed E-state index contributed by atoms with van der Waals surface area (Å²) < 4.78 is 35.4. The molecule has 3 N–H and O–H groups in total. The van der Waals surface area contributed by atoms with Crippen LogP contribution in [0.15, 0.2) is 0 Å². The highest BCUT2D eigenvalue weighted by Crippen LogP contribution is 2.24. The maximum Gasteiger partial charge on any atom is 0.401 e. The Morgan fingerprint density at radius 2 is 2.06 bits per heavy atom. The molecule has 0 spiro atoms. The first kappa shape index (κ1) is 14.2. The predicted molar refractivity (Wildman–Crippen MR) is 55.3 cm³/mol. The van der Waals surface area contributed by atoms with Crippen LogP contribution >= 0.6 is 0 Å². The Bertz CT molecular complexity index is 258. The minimum Gasteiger partial charge on any atom is -0.396 e. The number of hydrogen-bond acceptors (Lipinski definition) is 3. The van der Waals surface area contributed by atoms with Gasteiger partial charge in [-0.2, -0.15) is 13.2 Å². The van der Waals surface area contributed by atoms with Gasteiger partial charge in [-0.3, -0.25) is 4.79 Å². The topological polar surface area (TPSA) is 61.4 Å². The first-order valence-electron chi connectivity index (χ1n) is 5.60. The van der Waals surface area contributed by atoms with Gasteiger partial charge in [0.15, 0.2) is 0 Å². The highest BCUT2D eigenvalue weighted by molar-refractivity contribution is 5.78. The van der Waals surface area contributed by atoms with Gasteiger partial charge >= 0.3 is 6.18 Å². The molecule has 1 aliphatic rings. The molecular formula is C10H17F3N2O2. The van der Waals surface area contributed by atoms with E-state index in [4.69, 9.17) is 5.11 Å². The Hall–Kier alpha value is -0.820. The van der Waals surface area contributed by atoms with Crippen LogP contribution < -0.4 is 10.6 Å². The third-order valence-electron chi connectivity index (χ3n) is 2.85. The molecule has 0 aliphatic heterocycles. The number of hydrogen-bond donors (Lipinski definition) is 3. The predicted octanol–water partition coefficient (Wildman–Crippen LogP) is 0.415. The Morgan fingerprint density at radius 3 is 2.65 bits per heavy atom. The zero-order chi connectivity index (χ0) is 12.9. The summed E-state index contributed by atoms with van der Waals surface area (Å²) in [6, 6.07) is -0.111. The monoisotopic (exact) mass is 254 g/mol. The quantitative estimate of drug-likeness (QED) is 0.666. The maximum absolute atomic E-state index is 11.8. The minimum atomic E-state index is -4.30. The SMILES string of the molecule is O=C(CNCC(F)(F)F)NC1CCCC1CO. The number of carbonyl (C=O) groups is 1. The summed E-state index contributed by atoms with van der Waals surface area (Å²) in [7, 11) is 0. The van der Waals surface area contributed by atoms with Gasteiger partial charge in [-0.15, -0.1) is 0 Å². The lowest BCUT2D eigenvalue weighted by Gasteiger charge is -2.19. The fourth-order valence-electron chi connectivity index (χ4n) is 2.02. The number of nitrogens with one attached hydrogen (secondary N) is 2. The third-order valence-corrected chi connectivity index (χ3v) is 2.85. The number of carbonyl (C=O) groups excluding carboxylic acids is 1. The van der Waals surface area contributed by atoms with Crippen molar-refractivity contribution in [2.24, 2.45) is 5.92 Å². The molecule has 17 heavy (non-hydrogen) atoms. The molecule has 0 aromatic heterocycles. The first-order chi connectivity index (χ1) is 7.92. The lowest BCUT2D eigenvalue weighted by atomic mass is 10.1. The molecule has 1 fully saturated rings. The van der Waals surface area contributed by atoms with Crippen molar-refractivity contribution < 1.29 is 23.1 Å². The maximum atomic E-state index is 11.8. The highest BCUT2D eigenvalue weighted by Gasteiger charge is 2.29. The molecular weight excluding hydrogens is 237 g/mol. The van der Waals surface area contributed by atoms with Crippen LogP contribution in [-0.2, 0) is 4.79 Å². The lowest BCUT2D eigenvalue weighted by Crippen LogP contribution is -2.44. The highest BCUT2D eigenvalue weighted by atomic mass is 19.4. The average Bonchev–Trinajstić information content (AvgIpc) is 2.63. The Kier molecular flexibility index (Phi) is 5.20. The van der Waals surface area contributed by atoms with Crippen molar-refractivity contribution in [3.8, 4) is 0 Å². The van der Waals surface area contributed by atoms with Crippen molar-refractivity contribution in [3.05, 3.63) is 0 Å². The molecule has 0 saturated heterocycles. The van der Waals surface area contributed by atoms with Crippen molar-refractivity contribution in [2.75, 3.05) is 19.7 Å². The van der Waals surface area contributed by atoms with Crippen LogP contribution in [0.3, 0.4) is 0 Å². The molecule has 0 bridgehead atoms. The largest absolute Gasteiger partial charge is 0.401 e. The standard InChI is InChI=1S/C10H17F3N2O2/c11-10(12,13)6-14-4-9(17)15-8-3-1-2-7(8)5-16/h7-8,14,16H,1-6H2,(H,15,17). The summed E-state index contributed by atoms with van der Waals surface area (Å²) in [4.78, 5) is 11.3. The second-order valence-corrected chi connectivity index (χ2v) is 4.27. The normalized spacial score (nSPS) is 24.9. The number of amides is 1. The second-order valence-electron chi connectivity index (χ2n) is 4.27. The van der Waals surface area contributed by atoms with Gasteiger partial charge in [0.1, 0.15) is 0 Å². The first-order valence-corrected chi connectivity index (χ1v) is 5.60. The van der Waals surface area contributed by atoms with Crippen molar-refractivity contribution in [1.29, 1.82) is 0 Å². The summed E-state index contributed by atoms with van der Waals surface area (Å²) >= 11 is 0. The smallest absolute Gasteiger partial charge is 0.396 e. The van der Waals surface area contributed by atoms with Crippen LogP contribution in [0.5, 0.6) is 0 Å². The zero-order valence-electron chi connectivity index (χ0n) is 9.39. The van der Waals surface area contributed by atoms with E-state index in [2.05, 4.69) is 5.32 Å². The zero-order valence-corrected chi connectivity index (χ0v) is 9.39. The summed E-state index contributed by atoms with van der Waals surface area (Å²) in [6.45, 7) is -1.52. The average molecular weight is 254 g/mol. The van der Waals surface area contributed by atoms with Crippen LogP contribution in [-0.4, -0.2) is 42.9 Å². The number of aliphatic hydroxyl groups is 1. The van der Waals surface area contributed by atoms with Gasteiger partial charge in [-0.25, -0.2) is 0 Å². The van der Waals surface area contributed by atoms with Crippen LogP contribution in [0.4, 0.5) is 13.2 Å². The van der Waals surface area contributed by atoms with E-state index in [1.165, 1.54) is 0 Å². The molecule has 0 aromatic carbocycles. The number of halogens is 3. The second kappa shape index (κ2) is 6.20. The van der Waals surface area contributed by atoms with Gasteiger partial charge in [0, 0.05) is 18.6 Å². The van der Waals surface area contributed by atoms with Gasteiger partial charge in [0.05, 0.1) is 13.1 Å². The van der Waals surface area contributed by atoms with E-state index in [0.717, 1.165) is 19.3 Å². The molecule has 0 heterocycles. The number of rotatable bonds is 5. The number of alkyl halides is 3. The summed E-state index contributed by atoms with van der Waals surface area (Å²) in [5, 5.41) is 13.7. The van der Waals surface area contributed by atoms with Gasteiger partial charge in [-0.1, -0.05) is 6.42 Å². The van der Waals surface area contributed by atoms with Crippen molar-refractivity contribution in [3.63, 3.8) is 0 Å². The molecule has 2 unspecified atom stereocenters. The Labute approximate surface area is 97.6 Å². The van der Waals surface area contributed by atoms with Crippen LogP contribution in [0.1, 0.15) is 19.3 Å². The fourth-order valence-corrected chi connectivity index (χ4v) is 2.02. The van der Waals surface area contributed by atoms with Crippen molar-refractivity contribution in [1.82, 2.24) is 10.6 Å². The molecule has 4 nitrogen and oxygen atoms in total. The third kappa shape index (κ3) is 5.36. The van der Waals surface area contributed by atoms with Crippen molar-refractivity contribution >= 4 is 5.91 Å². The van der Waals surface area contributed by atoms with E-state index in [1.54, 1.807) is 0 Å². The van der Waals surface area contributed by atoms with Crippen LogP contribution in [0.25, 0.3) is 0 Å². The van der Waals surface area contributed by atoms with Gasteiger partial charge in [-0.05, 0) is 12.8 Å². The molecule has 7 heteroatoms. The van der Waals surface area contributed by atoms with E-state index in [9.17, 15) is 18.0 Å². The van der Waals surface area contributed by atoms with E-state index < -0.39 is 18.6 Å². The Balaban J connectivity index is 2.21.